The lowest BCUT2D eigenvalue weighted by atomic mass is 10.3. The van der Waals surface area contributed by atoms with Crippen LogP contribution in [-0.2, 0) is 19.0 Å². The monoisotopic (exact) mass is 191 g/mol. The van der Waals surface area contributed by atoms with Crippen LogP contribution in [-0.4, -0.2) is 45.5 Å². The van der Waals surface area contributed by atoms with Crippen molar-refractivity contribution in [2.45, 2.75) is 19.1 Å². The lowest BCUT2D eigenvalue weighted by Crippen LogP contribution is -2.38. The molecule has 0 radical (unpaired) electrons. The first kappa shape index (κ1) is 12.3. The van der Waals surface area contributed by atoms with Gasteiger partial charge in [0.1, 0.15) is 12.1 Å². The van der Waals surface area contributed by atoms with Gasteiger partial charge in [0, 0.05) is 14.2 Å². The van der Waals surface area contributed by atoms with E-state index in [2.05, 4.69) is 0 Å². The Morgan fingerprint density at radius 1 is 1.31 bits per heavy atom. The largest absolute Gasteiger partial charge is 0.459 e. The van der Waals surface area contributed by atoms with Crippen molar-refractivity contribution >= 4 is 5.97 Å². The first-order valence-electron chi connectivity index (χ1n) is 4.05. The van der Waals surface area contributed by atoms with Crippen molar-refractivity contribution in [1.82, 2.24) is 0 Å². The van der Waals surface area contributed by atoms with Gasteiger partial charge in [0.15, 0.2) is 0 Å². The molecule has 0 aliphatic carbocycles. The molecule has 13 heavy (non-hydrogen) atoms. The van der Waals surface area contributed by atoms with Gasteiger partial charge in [-0.25, -0.2) is 0 Å². The minimum absolute atomic E-state index is 0.165. The summed E-state index contributed by atoms with van der Waals surface area (Å²) in [6.45, 7) is 2.27. The molecule has 2 atom stereocenters. The van der Waals surface area contributed by atoms with Crippen LogP contribution in [0.5, 0.6) is 0 Å². The Balaban J connectivity index is 3.71. The highest BCUT2D eigenvalue weighted by Gasteiger charge is 2.17. The molecule has 0 aliphatic heterocycles. The Hall–Kier alpha value is -0.650. The van der Waals surface area contributed by atoms with Gasteiger partial charge in [-0.3, -0.25) is 4.79 Å². The van der Waals surface area contributed by atoms with E-state index in [4.69, 9.17) is 19.9 Å². The topological polar surface area (TPSA) is 70.8 Å². The predicted molar refractivity (Wildman–Crippen MR) is 47.3 cm³/mol. The van der Waals surface area contributed by atoms with E-state index in [1.165, 1.54) is 7.11 Å². The van der Waals surface area contributed by atoms with E-state index in [9.17, 15) is 4.79 Å². The predicted octanol–water partition coefficient (Wildman–Crippen LogP) is -0.462. The molecular weight excluding hydrogens is 174 g/mol. The van der Waals surface area contributed by atoms with Gasteiger partial charge in [-0.15, -0.1) is 0 Å². The van der Waals surface area contributed by atoms with Crippen LogP contribution in [0, 0.1) is 0 Å². The van der Waals surface area contributed by atoms with Crippen LogP contribution in [0.4, 0.5) is 0 Å². The Bertz CT molecular complexity index is 151. The molecule has 0 aliphatic rings. The van der Waals surface area contributed by atoms with Crippen molar-refractivity contribution in [3.8, 4) is 0 Å². The molecule has 2 N–H and O–H groups in total. The Kier molecular flexibility index (Phi) is 6.48. The van der Waals surface area contributed by atoms with Gasteiger partial charge >= 0.3 is 5.97 Å². The van der Waals surface area contributed by atoms with E-state index in [1.54, 1.807) is 14.0 Å². The number of hydrogen-bond donors (Lipinski definition) is 1. The molecule has 0 saturated carbocycles. The Morgan fingerprint density at radius 2 is 1.85 bits per heavy atom. The second kappa shape index (κ2) is 6.82. The normalized spacial score (nSPS) is 15.1. The molecule has 0 heterocycles. The van der Waals surface area contributed by atoms with Crippen molar-refractivity contribution in [3.63, 3.8) is 0 Å². The van der Waals surface area contributed by atoms with Crippen LogP contribution in [0.3, 0.4) is 0 Å². The lowest BCUT2D eigenvalue weighted by molar-refractivity contribution is -0.153. The summed E-state index contributed by atoms with van der Waals surface area (Å²) in [5, 5.41) is 0. The molecule has 0 aromatic carbocycles. The number of hydrogen-bond acceptors (Lipinski definition) is 5. The van der Waals surface area contributed by atoms with Gasteiger partial charge in [-0.2, -0.15) is 0 Å². The summed E-state index contributed by atoms with van der Waals surface area (Å²) >= 11 is 0. The van der Waals surface area contributed by atoms with Crippen LogP contribution in [0.1, 0.15) is 6.92 Å². The zero-order valence-corrected chi connectivity index (χ0v) is 8.28. The van der Waals surface area contributed by atoms with Crippen molar-refractivity contribution < 1.29 is 19.0 Å². The molecule has 0 aromatic rings. The number of carbonyl (C=O) groups excluding carboxylic acids is 1. The van der Waals surface area contributed by atoms with E-state index in [0.717, 1.165) is 0 Å². The molecule has 0 aromatic heterocycles. The Labute approximate surface area is 78.1 Å². The van der Waals surface area contributed by atoms with E-state index in [0.29, 0.717) is 6.61 Å². The van der Waals surface area contributed by atoms with Gasteiger partial charge in [-0.1, -0.05) is 0 Å². The number of rotatable bonds is 6. The van der Waals surface area contributed by atoms with E-state index >= 15 is 0 Å². The van der Waals surface area contributed by atoms with Crippen molar-refractivity contribution in [1.29, 1.82) is 0 Å². The van der Waals surface area contributed by atoms with Crippen LogP contribution in [0.15, 0.2) is 0 Å². The zero-order valence-electron chi connectivity index (χ0n) is 8.28. The van der Waals surface area contributed by atoms with Crippen LogP contribution in [0.25, 0.3) is 0 Å². The smallest absolute Gasteiger partial charge is 0.325 e. The fourth-order valence-corrected chi connectivity index (χ4v) is 0.802. The highest BCUT2D eigenvalue weighted by Crippen LogP contribution is 1.94. The second-order valence-corrected chi connectivity index (χ2v) is 2.76. The molecule has 0 spiro atoms. The number of methoxy groups -OCH3 is 2. The molecule has 0 amide bonds. The van der Waals surface area contributed by atoms with Gasteiger partial charge in [0.25, 0.3) is 0 Å². The molecule has 0 rings (SSSR count). The summed E-state index contributed by atoms with van der Waals surface area (Å²) < 4.78 is 14.4. The average Bonchev–Trinajstić information content (AvgIpc) is 2.05. The summed E-state index contributed by atoms with van der Waals surface area (Å²) in [6, 6.07) is -0.718. The first-order chi connectivity index (χ1) is 6.11. The highest BCUT2D eigenvalue weighted by atomic mass is 16.6. The lowest BCUT2D eigenvalue weighted by Gasteiger charge is -2.15. The molecule has 5 heteroatoms. The quantitative estimate of drug-likeness (QED) is 0.575. The number of ether oxygens (including phenoxy) is 3. The maximum absolute atomic E-state index is 11.1. The summed E-state index contributed by atoms with van der Waals surface area (Å²) in [7, 11) is 3.02. The second-order valence-electron chi connectivity index (χ2n) is 2.76. The van der Waals surface area contributed by atoms with Gasteiger partial charge in [-0.05, 0) is 6.92 Å². The minimum atomic E-state index is -0.718. The molecule has 5 nitrogen and oxygen atoms in total. The first-order valence-corrected chi connectivity index (χ1v) is 4.05. The maximum Gasteiger partial charge on any atom is 0.325 e. The number of carbonyl (C=O) groups is 1. The maximum atomic E-state index is 11.1. The molecular formula is C8H17NO4. The third-order valence-corrected chi connectivity index (χ3v) is 1.37. The fraction of sp³-hybridized carbons (Fsp3) is 0.875. The third-order valence-electron chi connectivity index (χ3n) is 1.37. The SMILES string of the molecule is COCC(C)OC(=O)C(N)COC. The summed E-state index contributed by atoms with van der Waals surface area (Å²) in [5.41, 5.74) is 5.43. The van der Waals surface area contributed by atoms with Gasteiger partial charge < -0.3 is 19.9 Å². The average molecular weight is 191 g/mol. The molecule has 0 saturated heterocycles. The molecule has 78 valence electrons. The van der Waals surface area contributed by atoms with E-state index in [1.807, 2.05) is 0 Å². The minimum Gasteiger partial charge on any atom is -0.459 e. The molecule has 0 bridgehead atoms. The Morgan fingerprint density at radius 3 is 2.31 bits per heavy atom. The van der Waals surface area contributed by atoms with Crippen molar-refractivity contribution in [2.24, 2.45) is 5.73 Å². The van der Waals surface area contributed by atoms with E-state index < -0.39 is 12.0 Å². The summed E-state index contributed by atoms with van der Waals surface area (Å²) in [6.07, 6.45) is -0.277. The van der Waals surface area contributed by atoms with Gasteiger partial charge in [0.2, 0.25) is 0 Å². The van der Waals surface area contributed by atoms with Crippen LogP contribution >= 0.6 is 0 Å². The zero-order chi connectivity index (χ0) is 10.3. The van der Waals surface area contributed by atoms with Crippen LogP contribution < -0.4 is 5.73 Å². The van der Waals surface area contributed by atoms with Crippen LogP contribution in [0.2, 0.25) is 0 Å². The number of nitrogens with two attached hydrogens (primary N) is 1. The standard InChI is InChI=1S/C8H17NO4/c1-6(4-11-2)13-8(10)7(9)5-12-3/h6-7H,4-5,9H2,1-3H3. The summed E-state index contributed by atoms with van der Waals surface area (Å²) in [5.74, 6) is -0.466. The van der Waals surface area contributed by atoms with Crippen molar-refractivity contribution in [3.05, 3.63) is 0 Å². The van der Waals surface area contributed by atoms with E-state index in [-0.39, 0.29) is 12.7 Å². The third kappa shape index (κ3) is 5.57. The molecule has 0 fully saturated rings. The highest BCUT2D eigenvalue weighted by molar-refractivity contribution is 5.75. The van der Waals surface area contributed by atoms with Gasteiger partial charge in [0.05, 0.1) is 13.2 Å². The molecule has 2 unspecified atom stereocenters. The summed E-state index contributed by atoms with van der Waals surface area (Å²) in [4.78, 5) is 11.1. The number of esters is 1. The fourth-order valence-electron chi connectivity index (χ4n) is 0.802. The van der Waals surface area contributed by atoms with Crippen molar-refractivity contribution in [2.75, 3.05) is 27.4 Å².